The Morgan fingerprint density at radius 2 is 1.77 bits per heavy atom. The molecule has 30 heavy (non-hydrogen) atoms. The Balaban J connectivity index is 1.92. The molecule has 0 atom stereocenters. The molecule has 3 rings (SSSR count). The maximum Gasteiger partial charge on any atom is 0.244 e. The Kier molecular flexibility index (Phi) is 6.90. The van der Waals surface area contributed by atoms with Gasteiger partial charge in [-0.05, 0) is 70.2 Å². The number of anilines is 1. The van der Waals surface area contributed by atoms with E-state index in [1.54, 1.807) is 18.2 Å². The molecule has 0 aliphatic rings. The average molecular weight is 446 g/mol. The minimum atomic E-state index is -3.72. The molecule has 0 saturated heterocycles. The second-order valence-electron chi connectivity index (χ2n) is 7.70. The summed E-state index contributed by atoms with van der Waals surface area (Å²) in [5.41, 5.74) is 3.04. The second kappa shape index (κ2) is 9.24. The molecule has 1 aromatic heterocycles. The minimum absolute atomic E-state index is 0.155. The Bertz CT molecular complexity index is 1140. The highest BCUT2D eigenvalue weighted by atomic mass is 32.2. The van der Waals surface area contributed by atoms with Crippen LogP contribution in [0, 0.1) is 13.8 Å². The summed E-state index contributed by atoms with van der Waals surface area (Å²) in [6, 6.07) is 12.2. The summed E-state index contributed by atoms with van der Waals surface area (Å²) in [5, 5.41) is 0.547. The van der Waals surface area contributed by atoms with Crippen LogP contribution in [0.3, 0.4) is 0 Å². The average Bonchev–Trinajstić information content (AvgIpc) is 3.09. The highest BCUT2D eigenvalue weighted by Crippen LogP contribution is 2.32. The van der Waals surface area contributed by atoms with E-state index >= 15 is 0 Å². The van der Waals surface area contributed by atoms with Gasteiger partial charge in [0.25, 0.3) is 0 Å². The van der Waals surface area contributed by atoms with E-state index in [0.29, 0.717) is 11.7 Å². The number of hydrogen-bond donors (Lipinski definition) is 0. The highest BCUT2D eigenvalue weighted by molar-refractivity contribution is 7.92. The predicted octanol–water partition coefficient (Wildman–Crippen LogP) is 3.67. The van der Waals surface area contributed by atoms with E-state index in [1.165, 1.54) is 28.4 Å². The fourth-order valence-electron chi connectivity index (χ4n) is 3.30. The zero-order valence-electron chi connectivity index (χ0n) is 17.8. The summed E-state index contributed by atoms with van der Waals surface area (Å²) in [5.74, 6) is -1.03. The molecule has 0 aliphatic carbocycles. The number of benzene rings is 2. The van der Waals surface area contributed by atoms with Gasteiger partial charge in [0.05, 0.1) is 15.1 Å². The van der Waals surface area contributed by atoms with Gasteiger partial charge in [-0.2, -0.15) is 0 Å². The third-order valence-electron chi connectivity index (χ3n) is 4.75. The molecule has 3 aromatic rings. The predicted molar refractivity (Wildman–Crippen MR) is 123 cm³/mol. The van der Waals surface area contributed by atoms with E-state index in [0.717, 1.165) is 34.3 Å². The molecular weight excluding hydrogens is 418 g/mol. The van der Waals surface area contributed by atoms with E-state index in [9.17, 15) is 13.2 Å². The molecule has 160 valence electrons. The van der Waals surface area contributed by atoms with Gasteiger partial charge in [0.1, 0.15) is 5.75 Å². The van der Waals surface area contributed by atoms with Crippen LogP contribution in [0.25, 0.3) is 10.2 Å². The first-order valence-corrected chi connectivity index (χ1v) is 12.2. The van der Waals surface area contributed by atoms with Crippen LogP contribution in [0.5, 0.6) is 0 Å². The SMILES string of the molecule is Cc1cc(C)c2nc(N(CCCN(C)C)C(=O)CS(=O)(=O)c3ccccc3)sc2c1. The second-order valence-corrected chi connectivity index (χ2v) is 10.7. The molecule has 1 amide bonds. The Hall–Kier alpha value is -2.29. The van der Waals surface area contributed by atoms with Gasteiger partial charge in [0.2, 0.25) is 5.91 Å². The molecule has 0 saturated carbocycles. The maximum atomic E-state index is 13.1. The van der Waals surface area contributed by atoms with E-state index in [4.69, 9.17) is 4.98 Å². The van der Waals surface area contributed by atoms with Crippen LogP contribution in [0.1, 0.15) is 17.5 Å². The molecule has 0 aliphatic heterocycles. The van der Waals surface area contributed by atoms with Crippen LogP contribution < -0.4 is 4.90 Å². The number of hydrogen-bond acceptors (Lipinski definition) is 6. The number of aryl methyl sites for hydroxylation is 2. The number of carbonyl (C=O) groups excluding carboxylic acids is 1. The normalized spacial score (nSPS) is 11.9. The smallest absolute Gasteiger partial charge is 0.244 e. The third-order valence-corrected chi connectivity index (χ3v) is 7.40. The van der Waals surface area contributed by atoms with Crippen molar-refractivity contribution in [3.8, 4) is 0 Å². The number of aromatic nitrogens is 1. The van der Waals surface area contributed by atoms with Gasteiger partial charge in [-0.25, -0.2) is 13.4 Å². The molecule has 2 aromatic carbocycles. The summed E-state index contributed by atoms with van der Waals surface area (Å²) < 4.78 is 26.5. The largest absolute Gasteiger partial charge is 0.309 e. The summed E-state index contributed by atoms with van der Waals surface area (Å²) >= 11 is 1.43. The Morgan fingerprint density at radius 3 is 2.43 bits per heavy atom. The molecule has 6 nitrogen and oxygen atoms in total. The van der Waals surface area contributed by atoms with Crippen LogP contribution in [-0.2, 0) is 14.6 Å². The van der Waals surface area contributed by atoms with Crippen molar-refractivity contribution >= 4 is 42.4 Å². The highest BCUT2D eigenvalue weighted by Gasteiger charge is 2.26. The van der Waals surface area contributed by atoms with Crippen LogP contribution in [0.15, 0.2) is 47.4 Å². The van der Waals surface area contributed by atoms with E-state index in [-0.39, 0.29) is 4.90 Å². The number of amides is 1. The van der Waals surface area contributed by atoms with Crippen molar-refractivity contribution in [2.75, 3.05) is 37.8 Å². The van der Waals surface area contributed by atoms with Crippen molar-refractivity contribution in [2.45, 2.75) is 25.2 Å². The van der Waals surface area contributed by atoms with Crippen molar-refractivity contribution in [2.24, 2.45) is 0 Å². The number of rotatable bonds is 8. The van der Waals surface area contributed by atoms with Gasteiger partial charge in [0, 0.05) is 6.54 Å². The van der Waals surface area contributed by atoms with Gasteiger partial charge in [0.15, 0.2) is 15.0 Å². The number of carbonyl (C=O) groups is 1. The number of thiazole rings is 1. The fraction of sp³-hybridized carbons (Fsp3) is 0.364. The minimum Gasteiger partial charge on any atom is -0.309 e. The monoisotopic (exact) mass is 445 g/mol. The zero-order chi connectivity index (χ0) is 21.9. The lowest BCUT2D eigenvalue weighted by molar-refractivity contribution is -0.116. The molecule has 0 spiro atoms. The Labute approximate surface area is 182 Å². The van der Waals surface area contributed by atoms with E-state index in [2.05, 4.69) is 6.07 Å². The quantitative estimate of drug-likeness (QED) is 0.529. The lowest BCUT2D eigenvalue weighted by atomic mass is 10.1. The van der Waals surface area contributed by atoms with Gasteiger partial charge < -0.3 is 4.90 Å². The van der Waals surface area contributed by atoms with Crippen molar-refractivity contribution in [1.82, 2.24) is 9.88 Å². The summed E-state index contributed by atoms with van der Waals surface area (Å²) in [4.78, 5) is 21.6. The molecule has 0 bridgehead atoms. The molecule has 0 radical (unpaired) electrons. The van der Waals surface area contributed by atoms with Crippen molar-refractivity contribution < 1.29 is 13.2 Å². The van der Waals surface area contributed by atoms with Gasteiger partial charge >= 0.3 is 0 Å². The van der Waals surface area contributed by atoms with E-state index in [1.807, 2.05) is 38.9 Å². The third kappa shape index (κ3) is 5.24. The van der Waals surface area contributed by atoms with Crippen molar-refractivity contribution in [3.05, 3.63) is 53.6 Å². The standard InChI is InChI=1S/C22H27N3O3S2/c1-16-13-17(2)21-19(14-16)29-22(23-21)25(12-8-11-24(3)4)20(26)15-30(27,28)18-9-6-5-7-10-18/h5-7,9-10,13-14H,8,11-12,15H2,1-4H3. The van der Waals surface area contributed by atoms with E-state index < -0.39 is 21.5 Å². The molecule has 0 fully saturated rings. The first-order chi connectivity index (χ1) is 14.2. The Morgan fingerprint density at radius 1 is 1.07 bits per heavy atom. The lowest BCUT2D eigenvalue weighted by Gasteiger charge is -2.21. The van der Waals surface area contributed by atoms with Crippen molar-refractivity contribution in [3.63, 3.8) is 0 Å². The molecule has 1 heterocycles. The number of fused-ring (bicyclic) bond motifs is 1. The number of sulfone groups is 1. The lowest BCUT2D eigenvalue weighted by Crippen LogP contribution is -2.37. The maximum absolute atomic E-state index is 13.1. The van der Waals surface area contributed by atoms with Crippen LogP contribution >= 0.6 is 11.3 Å². The van der Waals surface area contributed by atoms with Crippen LogP contribution in [0.2, 0.25) is 0 Å². The van der Waals surface area contributed by atoms with Crippen LogP contribution in [-0.4, -0.2) is 57.1 Å². The zero-order valence-corrected chi connectivity index (χ0v) is 19.4. The fourth-order valence-corrected chi connectivity index (χ4v) is 5.70. The van der Waals surface area contributed by atoms with Gasteiger partial charge in [-0.15, -0.1) is 0 Å². The first-order valence-electron chi connectivity index (χ1n) is 9.78. The molecule has 0 N–H and O–H groups in total. The van der Waals surface area contributed by atoms with Crippen molar-refractivity contribution in [1.29, 1.82) is 0 Å². The summed E-state index contributed by atoms with van der Waals surface area (Å²) in [6.07, 6.45) is 0.720. The first kappa shape index (κ1) is 22.4. The number of nitrogens with zero attached hydrogens (tertiary/aromatic N) is 3. The molecular formula is C22H27N3O3S2. The summed E-state index contributed by atoms with van der Waals surface area (Å²) in [7, 11) is 0.213. The van der Waals surface area contributed by atoms with Crippen LogP contribution in [0.4, 0.5) is 5.13 Å². The topological polar surface area (TPSA) is 70.6 Å². The van der Waals surface area contributed by atoms with Gasteiger partial charge in [-0.1, -0.05) is 35.6 Å². The van der Waals surface area contributed by atoms with Gasteiger partial charge in [-0.3, -0.25) is 9.69 Å². The molecule has 0 unspecified atom stereocenters. The molecule has 8 heteroatoms. The summed E-state index contributed by atoms with van der Waals surface area (Å²) in [6.45, 7) is 5.23.